The third kappa shape index (κ3) is 9.80. The second-order valence-corrected chi connectivity index (χ2v) is 12.6. The van der Waals surface area contributed by atoms with Gasteiger partial charge >= 0.3 is 0 Å². The average Bonchev–Trinajstić information content (AvgIpc) is 3.84. The molecule has 0 spiro atoms. The fourth-order valence-electron chi connectivity index (χ4n) is 6.16. The summed E-state index contributed by atoms with van der Waals surface area (Å²) >= 11 is 0. The van der Waals surface area contributed by atoms with Crippen LogP contribution in [0.15, 0.2) is 109 Å². The van der Waals surface area contributed by atoms with E-state index in [9.17, 15) is 27.2 Å². The third-order valence-corrected chi connectivity index (χ3v) is 8.81. The molecule has 0 aliphatic carbocycles. The fraction of sp³-hybridized carbons (Fsp3) is 0.238. The van der Waals surface area contributed by atoms with Crippen molar-refractivity contribution in [3.8, 4) is 11.5 Å². The van der Waals surface area contributed by atoms with Crippen molar-refractivity contribution in [2.45, 2.75) is 53.2 Å². The van der Waals surface area contributed by atoms with Crippen LogP contribution < -0.4 is 9.47 Å². The predicted octanol–water partition coefficient (Wildman–Crippen LogP) is 7.82. The van der Waals surface area contributed by atoms with Crippen molar-refractivity contribution >= 4 is 11.8 Å². The molecule has 2 aliphatic rings. The summed E-state index contributed by atoms with van der Waals surface area (Å²) in [6, 6.07) is 28.7. The zero-order valence-electron chi connectivity index (χ0n) is 30.9. The molecule has 0 bridgehead atoms. The zero-order valence-corrected chi connectivity index (χ0v) is 30.9. The standard InChI is InChI=1S/2C20H17F2N3O2.C2H6/c21-15-8-14(9-16(22)10-15)20(26)24-6-7-25-18(12-24)11-17(23-25)13-27-19-4-2-1-3-5-19;21-18-7-6-14(10-19(18)22)20(26)24-8-9-25-16(12-24)11-15(23-25)13-27-17-4-2-1-3-5-17;1-2/h1-5,8-11H,6-7,12-13H2;1-7,10-11H,8-9,12-13H2;1-2H3. The molecule has 14 heteroatoms. The molecule has 0 saturated carbocycles. The molecule has 2 aliphatic heterocycles. The number of hydrogen-bond donors (Lipinski definition) is 0. The number of carbonyl (C=O) groups excluding carboxylic acids is 2. The number of hydrogen-bond acceptors (Lipinski definition) is 6. The minimum atomic E-state index is -1.02. The molecule has 0 saturated heterocycles. The Morgan fingerprint density at radius 2 is 1.02 bits per heavy atom. The number of para-hydroxylation sites is 2. The Morgan fingerprint density at radius 1 is 0.554 bits per heavy atom. The molecular formula is C42H40F4N6O4. The van der Waals surface area contributed by atoms with E-state index in [2.05, 4.69) is 10.2 Å². The van der Waals surface area contributed by atoms with Crippen molar-refractivity contribution in [2.24, 2.45) is 0 Å². The quantitative estimate of drug-likeness (QED) is 0.147. The third-order valence-electron chi connectivity index (χ3n) is 8.81. The van der Waals surface area contributed by atoms with E-state index >= 15 is 0 Å². The minimum absolute atomic E-state index is 0.00750. The first-order valence-electron chi connectivity index (χ1n) is 18.1. The Morgan fingerprint density at radius 3 is 1.48 bits per heavy atom. The van der Waals surface area contributed by atoms with Crippen LogP contribution in [-0.4, -0.2) is 54.3 Å². The molecule has 10 nitrogen and oxygen atoms in total. The largest absolute Gasteiger partial charge is 0.487 e. The summed E-state index contributed by atoms with van der Waals surface area (Å²) in [6.45, 7) is 7.27. The number of halogens is 4. The Labute approximate surface area is 321 Å². The summed E-state index contributed by atoms with van der Waals surface area (Å²) in [5.41, 5.74) is 3.42. The Hall–Kier alpha value is -6.44. The number of nitrogens with zero attached hydrogens (tertiary/aromatic N) is 6. The molecule has 0 unspecified atom stereocenters. The SMILES string of the molecule is CC.O=C(c1cc(F)cc(F)c1)N1CCn2nc(COc3ccccc3)cc2C1.O=C(c1ccc(F)c(F)c1)N1CCn2nc(COc3ccccc3)cc2C1. The molecule has 56 heavy (non-hydrogen) atoms. The number of aromatic nitrogens is 4. The highest BCUT2D eigenvalue weighted by molar-refractivity contribution is 5.94. The van der Waals surface area contributed by atoms with E-state index in [1.165, 1.54) is 6.07 Å². The summed E-state index contributed by atoms with van der Waals surface area (Å²) in [5, 5.41) is 9.00. The molecule has 2 amide bonds. The Balaban J connectivity index is 0.000000182. The molecule has 0 fully saturated rings. The maximum atomic E-state index is 13.4. The van der Waals surface area contributed by atoms with E-state index in [0.717, 1.165) is 64.6 Å². The van der Waals surface area contributed by atoms with Gasteiger partial charge in [0.25, 0.3) is 11.8 Å². The predicted molar refractivity (Wildman–Crippen MR) is 200 cm³/mol. The maximum Gasteiger partial charge on any atom is 0.254 e. The lowest BCUT2D eigenvalue weighted by atomic mass is 10.1. The molecular weight excluding hydrogens is 728 g/mol. The van der Waals surface area contributed by atoms with Gasteiger partial charge in [0, 0.05) is 30.3 Å². The van der Waals surface area contributed by atoms with Gasteiger partial charge in [0.15, 0.2) is 11.6 Å². The fourth-order valence-corrected chi connectivity index (χ4v) is 6.16. The summed E-state index contributed by atoms with van der Waals surface area (Å²) < 4.78 is 68.3. The summed E-state index contributed by atoms with van der Waals surface area (Å²) in [7, 11) is 0. The highest BCUT2D eigenvalue weighted by atomic mass is 19.2. The number of fused-ring (bicyclic) bond motifs is 2. The maximum absolute atomic E-state index is 13.4. The summed E-state index contributed by atoms with van der Waals surface area (Å²) in [6.07, 6.45) is 0. The second kappa shape index (κ2) is 18.3. The smallest absolute Gasteiger partial charge is 0.254 e. The van der Waals surface area contributed by atoms with Gasteiger partial charge in [0.2, 0.25) is 0 Å². The number of benzene rings is 4. The molecule has 290 valence electrons. The molecule has 0 N–H and O–H groups in total. The molecule has 4 heterocycles. The number of carbonyl (C=O) groups is 2. The van der Waals surface area contributed by atoms with Crippen LogP contribution in [0, 0.1) is 23.3 Å². The van der Waals surface area contributed by atoms with Gasteiger partial charge in [-0.1, -0.05) is 50.2 Å². The first-order chi connectivity index (χ1) is 27.2. The van der Waals surface area contributed by atoms with Crippen LogP contribution in [0.3, 0.4) is 0 Å². The van der Waals surface area contributed by atoms with Crippen LogP contribution in [0.25, 0.3) is 0 Å². The molecule has 0 atom stereocenters. The van der Waals surface area contributed by atoms with E-state index in [1.807, 2.05) is 96.0 Å². The average molecular weight is 769 g/mol. The van der Waals surface area contributed by atoms with Crippen molar-refractivity contribution in [2.75, 3.05) is 13.1 Å². The molecule has 6 aromatic rings. The van der Waals surface area contributed by atoms with E-state index in [0.29, 0.717) is 52.5 Å². The van der Waals surface area contributed by atoms with Crippen LogP contribution in [0.2, 0.25) is 0 Å². The minimum Gasteiger partial charge on any atom is -0.487 e. The molecule has 2 aromatic heterocycles. The van der Waals surface area contributed by atoms with E-state index < -0.39 is 29.2 Å². The zero-order chi connectivity index (χ0) is 39.6. The normalized spacial score (nSPS) is 13.0. The van der Waals surface area contributed by atoms with Gasteiger partial charge in [-0.05, 0) is 66.7 Å². The van der Waals surface area contributed by atoms with Crippen molar-refractivity contribution in [1.29, 1.82) is 0 Å². The van der Waals surface area contributed by atoms with Crippen LogP contribution in [-0.2, 0) is 39.4 Å². The van der Waals surface area contributed by atoms with Gasteiger partial charge in [0.05, 0.1) is 37.6 Å². The first kappa shape index (κ1) is 39.3. The van der Waals surface area contributed by atoms with Crippen LogP contribution in [0.1, 0.15) is 57.3 Å². The second-order valence-electron chi connectivity index (χ2n) is 12.6. The highest BCUT2D eigenvalue weighted by Crippen LogP contribution is 2.21. The lowest BCUT2D eigenvalue weighted by molar-refractivity contribution is 0.0698. The number of rotatable bonds is 8. The van der Waals surface area contributed by atoms with Crippen LogP contribution in [0.5, 0.6) is 11.5 Å². The van der Waals surface area contributed by atoms with Gasteiger partial charge in [0.1, 0.15) is 47.7 Å². The van der Waals surface area contributed by atoms with Crippen LogP contribution in [0.4, 0.5) is 17.6 Å². The first-order valence-corrected chi connectivity index (χ1v) is 18.1. The lowest BCUT2D eigenvalue weighted by Crippen LogP contribution is -2.38. The van der Waals surface area contributed by atoms with Gasteiger partial charge in [-0.25, -0.2) is 17.6 Å². The lowest BCUT2D eigenvalue weighted by Gasteiger charge is -2.27. The van der Waals surface area contributed by atoms with E-state index in [-0.39, 0.29) is 17.0 Å². The van der Waals surface area contributed by atoms with Gasteiger partial charge in [-0.3, -0.25) is 19.0 Å². The topological polar surface area (TPSA) is 94.7 Å². The monoisotopic (exact) mass is 768 g/mol. The summed E-state index contributed by atoms with van der Waals surface area (Å²) in [5.74, 6) is -2.73. The Bertz CT molecular complexity index is 2240. The van der Waals surface area contributed by atoms with E-state index in [1.54, 1.807) is 9.80 Å². The van der Waals surface area contributed by atoms with Crippen molar-refractivity contribution in [3.05, 3.63) is 166 Å². The molecule has 8 rings (SSSR count). The van der Waals surface area contributed by atoms with Crippen molar-refractivity contribution < 1.29 is 36.6 Å². The van der Waals surface area contributed by atoms with Gasteiger partial charge in [-0.2, -0.15) is 10.2 Å². The number of ether oxygens (including phenoxy) is 2. The van der Waals surface area contributed by atoms with Crippen molar-refractivity contribution in [3.63, 3.8) is 0 Å². The van der Waals surface area contributed by atoms with Crippen molar-refractivity contribution in [1.82, 2.24) is 29.4 Å². The Kier molecular flexibility index (Phi) is 12.8. The van der Waals surface area contributed by atoms with Gasteiger partial charge < -0.3 is 19.3 Å². The van der Waals surface area contributed by atoms with E-state index in [4.69, 9.17) is 9.47 Å². The molecule has 4 aromatic carbocycles. The highest BCUT2D eigenvalue weighted by Gasteiger charge is 2.26. The summed E-state index contributed by atoms with van der Waals surface area (Å²) in [4.78, 5) is 28.3. The van der Waals surface area contributed by atoms with Gasteiger partial charge in [-0.15, -0.1) is 0 Å². The van der Waals surface area contributed by atoms with Crippen LogP contribution >= 0.6 is 0 Å². The number of amides is 2. The molecule has 0 radical (unpaired) electrons.